The average molecular weight is 367 g/mol. The Bertz CT molecular complexity index is 934. The molecule has 6 nitrogen and oxygen atoms in total. The predicted molar refractivity (Wildman–Crippen MR) is 97.9 cm³/mol. The lowest BCUT2D eigenvalue weighted by atomic mass is 10.1. The first-order valence-electron chi connectivity index (χ1n) is 8.66. The molecule has 0 saturated carbocycles. The molecule has 1 unspecified atom stereocenters. The van der Waals surface area contributed by atoms with Crippen molar-refractivity contribution in [2.45, 2.75) is 6.10 Å². The number of benzene rings is 2. The zero-order chi connectivity index (χ0) is 18.6. The lowest BCUT2D eigenvalue weighted by molar-refractivity contribution is 0.0277. The summed E-state index contributed by atoms with van der Waals surface area (Å²) in [6, 6.07) is 15.0. The second-order valence-electron chi connectivity index (χ2n) is 6.20. The fourth-order valence-corrected chi connectivity index (χ4v) is 2.93. The van der Waals surface area contributed by atoms with Crippen LogP contribution in [-0.4, -0.2) is 30.8 Å². The Balaban J connectivity index is 1.44. The van der Waals surface area contributed by atoms with Gasteiger partial charge in [0.2, 0.25) is 0 Å². The van der Waals surface area contributed by atoms with Gasteiger partial charge in [-0.3, -0.25) is 4.79 Å². The van der Waals surface area contributed by atoms with Gasteiger partial charge in [0.15, 0.2) is 11.5 Å². The van der Waals surface area contributed by atoms with Gasteiger partial charge in [0.1, 0.15) is 5.82 Å². The Morgan fingerprint density at radius 3 is 2.74 bits per heavy atom. The molecule has 1 saturated heterocycles. The Kier molecular flexibility index (Phi) is 4.95. The van der Waals surface area contributed by atoms with Crippen molar-refractivity contribution in [2.24, 2.45) is 0 Å². The van der Waals surface area contributed by atoms with E-state index in [9.17, 15) is 9.18 Å². The van der Waals surface area contributed by atoms with Gasteiger partial charge in [0.05, 0.1) is 18.3 Å². The number of halogens is 1. The maximum atomic E-state index is 13.8. The molecule has 1 aromatic heterocycles. The van der Waals surface area contributed by atoms with Crippen molar-refractivity contribution in [1.29, 1.82) is 0 Å². The lowest BCUT2D eigenvalue weighted by Gasteiger charge is -2.24. The van der Waals surface area contributed by atoms with Crippen LogP contribution in [0, 0.1) is 5.82 Å². The van der Waals surface area contributed by atoms with E-state index in [1.807, 2.05) is 24.3 Å². The number of anilines is 1. The van der Waals surface area contributed by atoms with E-state index in [0.29, 0.717) is 12.3 Å². The van der Waals surface area contributed by atoms with E-state index < -0.39 is 11.7 Å². The standard InChI is InChI=1S/C20H18FN3O3/c21-16-4-2-1-3-15(16)18-11-17(24-27-18)20(25)23-14-7-5-13(6-8-14)19-12-22-9-10-26-19/h1-8,11,19,22H,9-10,12H2,(H,23,25). The Hall–Kier alpha value is -3.03. The quantitative estimate of drug-likeness (QED) is 0.739. The first-order chi connectivity index (χ1) is 13.2. The van der Waals surface area contributed by atoms with Crippen LogP contribution in [0.2, 0.25) is 0 Å². The molecule has 1 fully saturated rings. The van der Waals surface area contributed by atoms with Crippen LogP contribution in [0.25, 0.3) is 11.3 Å². The molecule has 0 bridgehead atoms. The van der Waals surface area contributed by atoms with Gasteiger partial charge in [0.25, 0.3) is 5.91 Å². The van der Waals surface area contributed by atoms with Crippen LogP contribution in [-0.2, 0) is 4.74 Å². The maximum Gasteiger partial charge on any atom is 0.277 e. The number of aromatic nitrogens is 1. The summed E-state index contributed by atoms with van der Waals surface area (Å²) >= 11 is 0. The molecule has 0 aliphatic carbocycles. The van der Waals surface area contributed by atoms with Crippen molar-refractivity contribution >= 4 is 11.6 Å². The normalized spacial score (nSPS) is 16.9. The van der Waals surface area contributed by atoms with Crippen LogP contribution in [0.3, 0.4) is 0 Å². The SMILES string of the molecule is O=C(Nc1ccc(C2CNCCO2)cc1)c1cc(-c2ccccc2F)on1. The van der Waals surface area contributed by atoms with E-state index in [4.69, 9.17) is 9.26 Å². The number of hydrogen-bond acceptors (Lipinski definition) is 5. The van der Waals surface area contributed by atoms with Crippen LogP contribution in [0.1, 0.15) is 22.2 Å². The fraction of sp³-hybridized carbons (Fsp3) is 0.200. The Labute approximate surface area is 155 Å². The molecule has 27 heavy (non-hydrogen) atoms. The van der Waals surface area contributed by atoms with Crippen LogP contribution in [0.5, 0.6) is 0 Å². The number of hydrogen-bond donors (Lipinski definition) is 2. The smallest absolute Gasteiger partial charge is 0.277 e. The molecule has 4 rings (SSSR count). The first-order valence-corrected chi connectivity index (χ1v) is 8.66. The largest absolute Gasteiger partial charge is 0.371 e. The molecule has 0 spiro atoms. The van der Waals surface area contributed by atoms with E-state index in [1.165, 1.54) is 12.1 Å². The summed E-state index contributed by atoms with van der Waals surface area (Å²) in [6.07, 6.45) is 0.0161. The summed E-state index contributed by atoms with van der Waals surface area (Å²) in [5.41, 5.74) is 2.01. The number of morpholine rings is 1. The molecule has 2 heterocycles. The third-order valence-electron chi connectivity index (χ3n) is 4.35. The van der Waals surface area contributed by atoms with Crippen LogP contribution in [0.4, 0.5) is 10.1 Å². The van der Waals surface area contributed by atoms with Crippen molar-refractivity contribution in [2.75, 3.05) is 25.0 Å². The molecule has 138 valence electrons. The van der Waals surface area contributed by atoms with Crippen molar-refractivity contribution in [3.8, 4) is 11.3 Å². The molecule has 0 radical (unpaired) electrons. The van der Waals surface area contributed by atoms with Gasteiger partial charge >= 0.3 is 0 Å². The molecule has 7 heteroatoms. The zero-order valence-electron chi connectivity index (χ0n) is 14.4. The molecule has 1 aliphatic rings. The van der Waals surface area contributed by atoms with E-state index in [-0.39, 0.29) is 23.1 Å². The average Bonchev–Trinajstić information content (AvgIpc) is 3.20. The highest BCUT2D eigenvalue weighted by molar-refractivity contribution is 6.03. The second kappa shape index (κ2) is 7.69. The van der Waals surface area contributed by atoms with Crippen molar-refractivity contribution in [3.05, 3.63) is 71.7 Å². The molecule has 1 amide bonds. The number of rotatable bonds is 4. The van der Waals surface area contributed by atoms with E-state index in [2.05, 4.69) is 15.8 Å². The van der Waals surface area contributed by atoms with Crippen LogP contribution < -0.4 is 10.6 Å². The lowest BCUT2D eigenvalue weighted by Crippen LogP contribution is -2.33. The summed E-state index contributed by atoms with van der Waals surface area (Å²) in [6.45, 7) is 2.31. The highest BCUT2D eigenvalue weighted by Crippen LogP contribution is 2.24. The number of nitrogens with zero attached hydrogens (tertiary/aromatic N) is 1. The van der Waals surface area contributed by atoms with Gasteiger partial charge in [-0.05, 0) is 29.8 Å². The number of carbonyl (C=O) groups excluding carboxylic acids is 1. The summed E-state index contributed by atoms with van der Waals surface area (Å²) in [5.74, 6) is -0.657. The Morgan fingerprint density at radius 1 is 1.19 bits per heavy atom. The van der Waals surface area contributed by atoms with E-state index >= 15 is 0 Å². The Morgan fingerprint density at radius 2 is 2.00 bits per heavy atom. The summed E-state index contributed by atoms with van der Waals surface area (Å²) < 4.78 is 24.6. The number of nitrogens with one attached hydrogen (secondary N) is 2. The minimum atomic E-state index is -0.435. The van der Waals surface area contributed by atoms with Gasteiger partial charge in [-0.25, -0.2) is 4.39 Å². The first kappa shape index (κ1) is 17.4. The zero-order valence-corrected chi connectivity index (χ0v) is 14.4. The molecule has 1 atom stereocenters. The van der Waals surface area contributed by atoms with Crippen LogP contribution in [0.15, 0.2) is 59.1 Å². The fourth-order valence-electron chi connectivity index (χ4n) is 2.93. The third kappa shape index (κ3) is 3.89. The van der Waals surface area contributed by atoms with Crippen molar-refractivity contribution in [3.63, 3.8) is 0 Å². The summed E-state index contributed by atoms with van der Waals surface area (Å²) in [4.78, 5) is 12.4. The minimum Gasteiger partial charge on any atom is -0.371 e. The topological polar surface area (TPSA) is 76.4 Å². The second-order valence-corrected chi connectivity index (χ2v) is 6.20. The maximum absolute atomic E-state index is 13.8. The van der Waals surface area contributed by atoms with Gasteiger partial charge < -0.3 is 19.9 Å². The molecule has 2 N–H and O–H groups in total. The third-order valence-corrected chi connectivity index (χ3v) is 4.35. The predicted octanol–water partition coefficient (Wildman–Crippen LogP) is 3.39. The van der Waals surface area contributed by atoms with Crippen molar-refractivity contribution < 1.29 is 18.4 Å². The highest BCUT2D eigenvalue weighted by Gasteiger charge is 2.17. The summed E-state index contributed by atoms with van der Waals surface area (Å²) in [5, 5.41) is 9.78. The number of carbonyl (C=O) groups is 1. The minimum absolute atomic E-state index is 0.0161. The van der Waals surface area contributed by atoms with Gasteiger partial charge in [0, 0.05) is 24.8 Å². The van der Waals surface area contributed by atoms with Crippen LogP contribution >= 0.6 is 0 Å². The number of ether oxygens (including phenoxy) is 1. The molecular formula is C20H18FN3O3. The van der Waals surface area contributed by atoms with Gasteiger partial charge in [-0.2, -0.15) is 0 Å². The summed E-state index contributed by atoms with van der Waals surface area (Å²) in [7, 11) is 0. The van der Waals surface area contributed by atoms with Crippen molar-refractivity contribution in [1.82, 2.24) is 10.5 Å². The monoisotopic (exact) mass is 367 g/mol. The van der Waals surface area contributed by atoms with Gasteiger partial charge in [-0.1, -0.05) is 29.4 Å². The molecule has 1 aliphatic heterocycles. The van der Waals surface area contributed by atoms with E-state index in [0.717, 1.165) is 18.7 Å². The highest BCUT2D eigenvalue weighted by atomic mass is 19.1. The molecule has 2 aromatic carbocycles. The van der Waals surface area contributed by atoms with Gasteiger partial charge in [-0.15, -0.1) is 0 Å². The molecule has 3 aromatic rings. The number of amides is 1. The molecular weight excluding hydrogens is 349 g/mol. The van der Waals surface area contributed by atoms with E-state index in [1.54, 1.807) is 18.2 Å².